The van der Waals surface area contributed by atoms with Crippen molar-refractivity contribution in [3.8, 4) is 17.6 Å². The van der Waals surface area contributed by atoms with Gasteiger partial charge in [0, 0.05) is 22.7 Å². The SMILES string of the molecule is CCOc1cc(C=C(C#N)c2ccccc2Cl)cc(I)c1OCc1cccc([N+](=O)[O-])c1. The van der Waals surface area contributed by atoms with Crippen LogP contribution in [0.3, 0.4) is 0 Å². The molecule has 0 heterocycles. The number of allylic oxidation sites excluding steroid dienone is 1. The van der Waals surface area contributed by atoms with Crippen LogP contribution in [0, 0.1) is 25.0 Å². The van der Waals surface area contributed by atoms with Crippen LogP contribution in [0.15, 0.2) is 60.7 Å². The number of benzene rings is 3. The minimum atomic E-state index is -0.439. The van der Waals surface area contributed by atoms with E-state index in [0.29, 0.717) is 39.8 Å². The van der Waals surface area contributed by atoms with Crippen LogP contribution in [0.25, 0.3) is 11.6 Å². The van der Waals surface area contributed by atoms with E-state index in [1.807, 2.05) is 25.1 Å². The first-order valence-corrected chi connectivity index (χ1v) is 11.1. The van der Waals surface area contributed by atoms with Gasteiger partial charge < -0.3 is 9.47 Å². The van der Waals surface area contributed by atoms with Gasteiger partial charge >= 0.3 is 0 Å². The Morgan fingerprint density at radius 2 is 1.97 bits per heavy atom. The van der Waals surface area contributed by atoms with E-state index in [-0.39, 0.29) is 12.3 Å². The molecular weight excluding hydrogens is 543 g/mol. The third-order valence-electron chi connectivity index (χ3n) is 4.43. The first-order valence-electron chi connectivity index (χ1n) is 9.62. The highest BCUT2D eigenvalue weighted by molar-refractivity contribution is 14.1. The molecule has 162 valence electrons. The van der Waals surface area contributed by atoms with Crippen LogP contribution in [0.1, 0.15) is 23.6 Å². The van der Waals surface area contributed by atoms with Crippen molar-refractivity contribution in [2.75, 3.05) is 6.61 Å². The van der Waals surface area contributed by atoms with Crippen LogP contribution in [0.2, 0.25) is 5.02 Å². The van der Waals surface area contributed by atoms with Crippen molar-refractivity contribution in [2.24, 2.45) is 0 Å². The third-order valence-corrected chi connectivity index (χ3v) is 5.56. The zero-order valence-electron chi connectivity index (χ0n) is 17.0. The van der Waals surface area contributed by atoms with Crippen molar-refractivity contribution in [3.63, 3.8) is 0 Å². The number of ether oxygens (including phenoxy) is 2. The Morgan fingerprint density at radius 3 is 2.66 bits per heavy atom. The summed E-state index contributed by atoms with van der Waals surface area (Å²) in [7, 11) is 0. The van der Waals surface area contributed by atoms with Crippen molar-refractivity contribution in [3.05, 3.63) is 96.1 Å². The Kier molecular flexibility index (Phi) is 8.09. The predicted molar refractivity (Wildman–Crippen MR) is 133 cm³/mol. The van der Waals surface area contributed by atoms with Crippen molar-refractivity contribution in [1.29, 1.82) is 5.26 Å². The maximum absolute atomic E-state index is 11.0. The standard InChI is InChI=1S/C24H18ClIN2O4/c1-2-31-23-13-17(10-18(14-27)20-8-3-4-9-21(20)25)12-22(26)24(23)32-15-16-6-5-7-19(11-16)28(29)30/h3-13H,2,15H2,1H3. The van der Waals surface area contributed by atoms with Gasteiger partial charge in [0.2, 0.25) is 0 Å². The lowest BCUT2D eigenvalue weighted by Crippen LogP contribution is -2.02. The zero-order valence-corrected chi connectivity index (χ0v) is 20.0. The molecular formula is C24H18ClIN2O4. The smallest absolute Gasteiger partial charge is 0.269 e. The van der Waals surface area contributed by atoms with Crippen LogP contribution in [-0.4, -0.2) is 11.5 Å². The molecule has 0 fully saturated rings. The molecule has 0 saturated carbocycles. The second kappa shape index (κ2) is 11.0. The van der Waals surface area contributed by atoms with Crippen molar-refractivity contribution in [1.82, 2.24) is 0 Å². The summed E-state index contributed by atoms with van der Waals surface area (Å²) in [6.45, 7) is 2.44. The number of hydrogen-bond acceptors (Lipinski definition) is 5. The minimum absolute atomic E-state index is 0.00918. The molecule has 32 heavy (non-hydrogen) atoms. The van der Waals surface area contributed by atoms with Crippen molar-refractivity contribution < 1.29 is 14.4 Å². The van der Waals surface area contributed by atoms with E-state index in [9.17, 15) is 15.4 Å². The van der Waals surface area contributed by atoms with Gasteiger partial charge in [-0.15, -0.1) is 0 Å². The highest BCUT2D eigenvalue weighted by Gasteiger charge is 2.14. The fourth-order valence-electron chi connectivity index (χ4n) is 3.01. The molecule has 0 bridgehead atoms. The molecule has 8 heteroatoms. The Bertz CT molecular complexity index is 1220. The molecule has 3 aromatic rings. The summed E-state index contributed by atoms with van der Waals surface area (Å²) in [5.74, 6) is 1.06. The minimum Gasteiger partial charge on any atom is -0.490 e. The normalized spacial score (nSPS) is 11.0. The van der Waals surface area contributed by atoms with Crippen molar-refractivity contribution in [2.45, 2.75) is 13.5 Å². The van der Waals surface area contributed by atoms with Crippen LogP contribution >= 0.6 is 34.2 Å². The molecule has 0 spiro atoms. The van der Waals surface area contributed by atoms with E-state index in [4.69, 9.17) is 21.1 Å². The van der Waals surface area contributed by atoms with E-state index in [1.54, 1.807) is 36.4 Å². The molecule has 0 aliphatic carbocycles. The molecule has 0 radical (unpaired) electrons. The average Bonchev–Trinajstić information content (AvgIpc) is 2.78. The topological polar surface area (TPSA) is 85.4 Å². The van der Waals surface area contributed by atoms with E-state index in [2.05, 4.69) is 28.7 Å². The Morgan fingerprint density at radius 1 is 1.19 bits per heavy atom. The van der Waals surface area contributed by atoms with E-state index < -0.39 is 4.92 Å². The quantitative estimate of drug-likeness (QED) is 0.0984. The molecule has 3 rings (SSSR count). The first-order chi connectivity index (χ1) is 15.4. The van der Waals surface area contributed by atoms with E-state index in [0.717, 1.165) is 9.13 Å². The molecule has 0 aromatic heterocycles. The Hall–Kier alpha value is -3.09. The van der Waals surface area contributed by atoms with Gasteiger partial charge in [-0.3, -0.25) is 10.1 Å². The van der Waals surface area contributed by atoms with E-state index in [1.165, 1.54) is 12.1 Å². The van der Waals surface area contributed by atoms with Gasteiger partial charge in [0.25, 0.3) is 5.69 Å². The molecule has 0 saturated heterocycles. The summed E-state index contributed by atoms with van der Waals surface area (Å²) in [5.41, 5.74) is 2.52. The maximum Gasteiger partial charge on any atom is 0.269 e. The van der Waals surface area contributed by atoms with Crippen LogP contribution < -0.4 is 9.47 Å². The number of rotatable bonds is 8. The van der Waals surface area contributed by atoms with Gasteiger partial charge in [-0.2, -0.15) is 5.26 Å². The molecule has 0 N–H and O–H groups in total. The molecule has 0 aliphatic rings. The van der Waals surface area contributed by atoms with Gasteiger partial charge in [-0.05, 0) is 64.9 Å². The van der Waals surface area contributed by atoms with Crippen molar-refractivity contribution >= 4 is 51.5 Å². The highest BCUT2D eigenvalue weighted by atomic mass is 127. The summed E-state index contributed by atoms with van der Waals surface area (Å²) in [6.07, 6.45) is 1.75. The second-order valence-corrected chi connectivity index (χ2v) is 8.20. The molecule has 0 amide bonds. The summed E-state index contributed by atoms with van der Waals surface area (Å²) in [6, 6.07) is 19.3. The summed E-state index contributed by atoms with van der Waals surface area (Å²) in [5, 5.41) is 21.1. The molecule has 0 atom stereocenters. The zero-order chi connectivity index (χ0) is 23.1. The van der Waals surface area contributed by atoms with E-state index >= 15 is 0 Å². The number of nitro groups is 1. The number of nitrogens with zero attached hydrogens (tertiary/aromatic N) is 2. The van der Waals surface area contributed by atoms with Gasteiger partial charge in [-0.1, -0.05) is 41.9 Å². The fraction of sp³-hybridized carbons (Fsp3) is 0.125. The molecule has 0 aliphatic heterocycles. The summed E-state index contributed by atoms with van der Waals surface area (Å²) in [4.78, 5) is 10.6. The monoisotopic (exact) mass is 560 g/mol. The first kappa shape index (κ1) is 23.6. The number of non-ortho nitro benzene ring substituents is 1. The van der Waals surface area contributed by atoms with Gasteiger partial charge in [0.1, 0.15) is 6.61 Å². The Balaban J connectivity index is 1.93. The maximum atomic E-state index is 11.0. The lowest BCUT2D eigenvalue weighted by molar-refractivity contribution is -0.384. The molecule has 6 nitrogen and oxygen atoms in total. The third kappa shape index (κ3) is 5.78. The number of halogens is 2. The lowest BCUT2D eigenvalue weighted by Gasteiger charge is -2.15. The predicted octanol–water partition coefficient (Wildman–Crippen LogP) is 6.89. The summed E-state index contributed by atoms with van der Waals surface area (Å²) >= 11 is 8.39. The van der Waals surface area contributed by atoms with Crippen LogP contribution in [-0.2, 0) is 6.61 Å². The van der Waals surface area contributed by atoms with Gasteiger partial charge in [-0.25, -0.2) is 0 Å². The lowest BCUT2D eigenvalue weighted by atomic mass is 10.0. The largest absolute Gasteiger partial charge is 0.490 e. The Labute approximate surface area is 204 Å². The second-order valence-electron chi connectivity index (χ2n) is 6.63. The average molecular weight is 561 g/mol. The van der Waals surface area contributed by atoms with Crippen LogP contribution in [0.5, 0.6) is 11.5 Å². The number of hydrogen-bond donors (Lipinski definition) is 0. The highest BCUT2D eigenvalue weighted by Crippen LogP contribution is 2.36. The number of nitriles is 1. The van der Waals surface area contributed by atoms with Gasteiger partial charge in [0.05, 0.1) is 26.7 Å². The summed E-state index contributed by atoms with van der Waals surface area (Å²) < 4.78 is 12.5. The van der Waals surface area contributed by atoms with Gasteiger partial charge in [0.15, 0.2) is 11.5 Å². The molecule has 0 unspecified atom stereocenters. The fourth-order valence-corrected chi connectivity index (χ4v) is 4.02. The number of nitro benzene ring substituents is 1. The molecule has 3 aromatic carbocycles. The van der Waals surface area contributed by atoms with Crippen LogP contribution in [0.4, 0.5) is 5.69 Å².